The molecule has 0 aliphatic heterocycles. The van der Waals surface area contributed by atoms with E-state index in [-0.39, 0.29) is 5.69 Å². The Bertz CT molecular complexity index is 1070. The number of aryl methyl sites for hydroxylation is 2. The summed E-state index contributed by atoms with van der Waals surface area (Å²) in [6.07, 6.45) is 0. The van der Waals surface area contributed by atoms with Gasteiger partial charge in [0.15, 0.2) is 11.4 Å². The normalized spacial score (nSPS) is 10.5. The van der Waals surface area contributed by atoms with Crippen LogP contribution in [0.5, 0.6) is 11.5 Å². The monoisotopic (exact) mass is 365 g/mol. The highest BCUT2D eigenvalue weighted by Crippen LogP contribution is 2.26. The van der Waals surface area contributed by atoms with Crippen molar-refractivity contribution in [3.05, 3.63) is 75.7 Å². The molecule has 27 heavy (non-hydrogen) atoms. The van der Waals surface area contributed by atoms with E-state index in [2.05, 4.69) is 10.4 Å². The van der Waals surface area contributed by atoms with Crippen LogP contribution in [0.4, 0.5) is 5.69 Å². The fourth-order valence-corrected chi connectivity index (χ4v) is 2.65. The molecule has 1 heterocycles. The van der Waals surface area contributed by atoms with Gasteiger partial charge in [0.1, 0.15) is 5.75 Å². The topological polar surface area (TPSA) is 93.5 Å². The predicted octanol–water partition coefficient (Wildman–Crippen LogP) is 2.82. The molecule has 0 fully saturated rings. The van der Waals surface area contributed by atoms with E-state index in [0.717, 1.165) is 21.9 Å². The number of nitrogens with one attached hydrogen (secondary N) is 1. The van der Waals surface area contributed by atoms with Crippen molar-refractivity contribution in [3.63, 3.8) is 0 Å². The van der Waals surface area contributed by atoms with Gasteiger partial charge < -0.3 is 15.2 Å². The lowest BCUT2D eigenvalue weighted by Gasteiger charge is -2.12. The highest BCUT2D eigenvalue weighted by molar-refractivity contribution is 6.05. The van der Waals surface area contributed by atoms with Crippen LogP contribution in [-0.4, -0.2) is 27.9 Å². The molecule has 0 unspecified atom stereocenters. The third-order valence-corrected chi connectivity index (χ3v) is 3.98. The Hall–Kier alpha value is -3.61. The van der Waals surface area contributed by atoms with Crippen LogP contribution < -0.4 is 15.6 Å². The van der Waals surface area contributed by atoms with Crippen LogP contribution in [0.1, 0.15) is 21.6 Å². The molecule has 2 aromatic carbocycles. The van der Waals surface area contributed by atoms with Gasteiger partial charge in [-0.05, 0) is 49.2 Å². The van der Waals surface area contributed by atoms with Crippen molar-refractivity contribution >= 4 is 11.6 Å². The summed E-state index contributed by atoms with van der Waals surface area (Å²) in [6.45, 7) is 3.76. The first kappa shape index (κ1) is 18.2. The average molecular weight is 365 g/mol. The molecule has 2 N–H and O–H groups in total. The van der Waals surface area contributed by atoms with Gasteiger partial charge in [0.2, 0.25) is 0 Å². The standard InChI is InChI=1S/C20H19N3O4/c1-12-5-4-6-14(9-12)23-18(25)11-16(24)19(22-23)20(26)21-15-10-13(2)7-8-17(15)27-3/h4-11,24H,1-3H3,(H,21,26). The highest BCUT2D eigenvalue weighted by Gasteiger charge is 2.18. The number of ether oxygens (including phenoxy) is 1. The van der Waals surface area contributed by atoms with Crippen molar-refractivity contribution in [2.45, 2.75) is 13.8 Å². The summed E-state index contributed by atoms with van der Waals surface area (Å²) in [5.74, 6) is -0.675. The number of aromatic hydroxyl groups is 1. The molecule has 1 amide bonds. The molecule has 0 spiro atoms. The Kier molecular flexibility index (Phi) is 4.94. The van der Waals surface area contributed by atoms with Gasteiger partial charge in [-0.1, -0.05) is 18.2 Å². The van der Waals surface area contributed by atoms with E-state index in [4.69, 9.17) is 4.74 Å². The zero-order valence-corrected chi connectivity index (χ0v) is 15.2. The van der Waals surface area contributed by atoms with E-state index in [1.54, 1.807) is 30.3 Å². The van der Waals surface area contributed by atoms with Crippen LogP contribution in [0.2, 0.25) is 0 Å². The van der Waals surface area contributed by atoms with Crippen LogP contribution in [0, 0.1) is 13.8 Å². The molecule has 0 saturated carbocycles. The van der Waals surface area contributed by atoms with E-state index in [0.29, 0.717) is 17.1 Å². The maximum absolute atomic E-state index is 12.7. The first-order chi connectivity index (χ1) is 12.9. The maximum Gasteiger partial charge on any atom is 0.280 e. The molecule has 0 radical (unpaired) electrons. The number of rotatable bonds is 4. The van der Waals surface area contributed by atoms with Gasteiger partial charge in [0.25, 0.3) is 11.5 Å². The molecule has 138 valence electrons. The number of amides is 1. The minimum absolute atomic E-state index is 0.264. The Balaban J connectivity index is 2.02. The predicted molar refractivity (Wildman–Crippen MR) is 102 cm³/mol. The Morgan fingerprint density at radius 1 is 1.11 bits per heavy atom. The fraction of sp³-hybridized carbons (Fsp3) is 0.150. The van der Waals surface area contributed by atoms with E-state index < -0.39 is 17.2 Å². The SMILES string of the molecule is COc1ccc(C)cc1NC(=O)c1nn(-c2cccc(C)c2)c(=O)cc1O. The van der Waals surface area contributed by atoms with Crippen LogP contribution >= 0.6 is 0 Å². The van der Waals surface area contributed by atoms with Gasteiger partial charge in [-0.15, -0.1) is 0 Å². The van der Waals surface area contributed by atoms with Crippen LogP contribution in [0.3, 0.4) is 0 Å². The lowest BCUT2D eigenvalue weighted by Crippen LogP contribution is -2.25. The highest BCUT2D eigenvalue weighted by atomic mass is 16.5. The summed E-state index contributed by atoms with van der Waals surface area (Å²) < 4.78 is 6.32. The number of hydrogen-bond donors (Lipinski definition) is 2. The van der Waals surface area contributed by atoms with Gasteiger partial charge in [-0.3, -0.25) is 9.59 Å². The molecular weight excluding hydrogens is 346 g/mol. The summed E-state index contributed by atoms with van der Waals surface area (Å²) >= 11 is 0. The summed E-state index contributed by atoms with van der Waals surface area (Å²) in [5.41, 5.74) is 2.00. The minimum atomic E-state index is -0.655. The molecule has 0 atom stereocenters. The quantitative estimate of drug-likeness (QED) is 0.742. The number of benzene rings is 2. The first-order valence-electron chi connectivity index (χ1n) is 8.25. The summed E-state index contributed by atoms with van der Waals surface area (Å²) in [4.78, 5) is 24.9. The summed E-state index contributed by atoms with van der Waals surface area (Å²) in [5, 5.41) is 16.8. The van der Waals surface area contributed by atoms with Gasteiger partial charge in [0.05, 0.1) is 18.5 Å². The third-order valence-electron chi connectivity index (χ3n) is 3.98. The number of hydrogen-bond acceptors (Lipinski definition) is 5. The zero-order valence-electron chi connectivity index (χ0n) is 15.2. The number of carbonyl (C=O) groups is 1. The molecule has 0 saturated heterocycles. The summed E-state index contributed by atoms with van der Waals surface area (Å²) in [6, 6.07) is 13.4. The lowest BCUT2D eigenvalue weighted by molar-refractivity contribution is 0.101. The average Bonchev–Trinajstić information content (AvgIpc) is 2.62. The molecule has 0 aliphatic carbocycles. The summed E-state index contributed by atoms with van der Waals surface area (Å²) in [7, 11) is 1.49. The second-order valence-electron chi connectivity index (χ2n) is 6.13. The maximum atomic E-state index is 12.7. The Morgan fingerprint density at radius 3 is 2.56 bits per heavy atom. The van der Waals surface area contributed by atoms with Crippen molar-refractivity contribution < 1.29 is 14.6 Å². The molecule has 7 heteroatoms. The number of aromatic nitrogens is 2. The van der Waals surface area contributed by atoms with Gasteiger partial charge in [0, 0.05) is 6.07 Å². The Labute approximate surface area is 155 Å². The number of nitrogens with zero attached hydrogens (tertiary/aromatic N) is 2. The van der Waals surface area contributed by atoms with E-state index in [9.17, 15) is 14.7 Å². The van der Waals surface area contributed by atoms with Crippen molar-refractivity contribution in [1.29, 1.82) is 0 Å². The number of methoxy groups -OCH3 is 1. The molecule has 1 aromatic heterocycles. The van der Waals surface area contributed by atoms with Crippen molar-refractivity contribution in [2.24, 2.45) is 0 Å². The molecule has 0 aliphatic rings. The number of anilines is 1. The molecule has 7 nitrogen and oxygen atoms in total. The van der Waals surface area contributed by atoms with Crippen molar-refractivity contribution in [3.8, 4) is 17.2 Å². The lowest BCUT2D eigenvalue weighted by atomic mass is 10.2. The second kappa shape index (κ2) is 7.33. The largest absolute Gasteiger partial charge is 0.505 e. The van der Waals surface area contributed by atoms with Gasteiger partial charge >= 0.3 is 0 Å². The number of carbonyl (C=O) groups excluding carboxylic acids is 1. The van der Waals surface area contributed by atoms with E-state index in [1.165, 1.54) is 7.11 Å². The first-order valence-corrected chi connectivity index (χ1v) is 8.25. The van der Waals surface area contributed by atoms with E-state index in [1.807, 2.05) is 26.0 Å². The minimum Gasteiger partial charge on any atom is -0.505 e. The smallest absolute Gasteiger partial charge is 0.280 e. The van der Waals surface area contributed by atoms with Crippen LogP contribution in [0.25, 0.3) is 5.69 Å². The van der Waals surface area contributed by atoms with Crippen LogP contribution in [0.15, 0.2) is 53.3 Å². The molecular formula is C20H19N3O4. The molecule has 0 bridgehead atoms. The van der Waals surface area contributed by atoms with Gasteiger partial charge in [-0.2, -0.15) is 9.78 Å². The molecule has 3 rings (SSSR count). The third kappa shape index (κ3) is 3.82. The van der Waals surface area contributed by atoms with Gasteiger partial charge in [-0.25, -0.2) is 0 Å². The fourth-order valence-electron chi connectivity index (χ4n) is 2.65. The zero-order chi connectivity index (χ0) is 19.6. The van der Waals surface area contributed by atoms with Crippen molar-refractivity contribution in [1.82, 2.24) is 9.78 Å². The van der Waals surface area contributed by atoms with Crippen LogP contribution in [-0.2, 0) is 0 Å². The van der Waals surface area contributed by atoms with E-state index >= 15 is 0 Å². The molecule has 3 aromatic rings. The Morgan fingerprint density at radius 2 is 1.85 bits per heavy atom. The van der Waals surface area contributed by atoms with Crippen molar-refractivity contribution in [2.75, 3.05) is 12.4 Å². The second-order valence-corrected chi connectivity index (χ2v) is 6.13.